The Labute approximate surface area is 202 Å². The van der Waals surface area contributed by atoms with E-state index in [0.717, 1.165) is 16.5 Å². The minimum atomic E-state index is -0.481. The molecule has 0 aliphatic rings. The van der Waals surface area contributed by atoms with Gasteiger partial charge in [-0.3, -0.25) is 14.6 Å². The molecule has 1 heterocycles. The van der Waals surface area contributed by atoms with Crippen LogP contribution in [0.2, 0.25) is 0 Å². The number of aryl methyl sites for hydroxylation is 1. The number of urea groups is 1. The molecule has 0 aliphatic carbocycles. The molecule has 0 aliphatic heterocycles. The van der Waals surface area contributed by atoms with Gasteiger partial charge in [-0.1, -0.05) is 48.0 Å². The zero-order chi connectivity index (χ0) is 24.6. The predicted octanol–water partition coefficient (Wildman–Crippen LogP) is 4.23. The van der Waals surface area contributed by atoms with Crippen LogP contribution in [0.25, 0.3) is 10.9 Å². The fraction of sp³-hybridized carbons (Fsp3) is 0.111. The molecule has 0 unspecified atom stereocenters. The van der Waals surface area contributed by atoms with Crippen molar-refractivity contribution in [2.75, 3.05) is 17.2 Å². The summed E-state index contributed by atoms with van der Waals surface area (Å²) < 4.78 is 0. The van der Waals surface area contributed by atoms with E-state index >= 15 is 0 Å². The molecule has 8 nitrogen and oxygen atoms in total. The van der Waals surface area contributed by atoms with Crippen molar-refractivity contribution in [2.24, 2.45) is 0 Å². The summed E-state index contributed by atoms with van der Waals surface area (Å²) in [5.41, 5.74) is 4.33. The number of rotatable bonds is 7. The molecule has 35 heavy (non-hydrogen) atoms. The molecule has 0 saturated heterocycles. The number of benzene rings is 3. The van der Waals surface area contributed by atoms with Crippen molar-refractivity contribution in [2.45, 2.75) is 13.5 Å². The Morgan fingerprint density at radius 1 is 0.829 bits per heavy atom. The number of para-hydroxylation sites is 1. The van der Waals surface area contributed by atoms with Crippen molar-refractivity contribution in [3.8, 4) is 0 Å². The van der Waals surface area contributed by atoms with E-state index in [2.05, 4.69) is 26.3 Å². The lowest BCUT2D eigenvalue weighted by atomic mass is 10.1. The van der Waals surface area contributed by atoms with E-state index in [1.807, 2.05) is 49.4 Å². The summed E-state index contributed by atoms with van der Waals surface area (Å²) in [7, 11) is 0. The van der Waals surface area contributed by atoms with Gasteiger partial charge in [0.25, 0.3) is 5.91 Å². The molecule has 4 N–H and O–H groups in total. The molecule has 4 rings (SSSR count). The summed E-state index contributed by atoms with van der Waals surface area (Å²) in [5.74, 6) is -0.570. The first-order chi connectivity index (χ1) is 17.0. The van der Waals surface area contributed by atoms with Crippen LogP contribution in [0.4, 0.5) is 16.2 Å². The van der Waals surface area contributed by atoms with Crippen LogP contribution in [0.3, 0.4) is 0 Å². The van der Waals surface area contributed by atoms with E-state index in [9.17, 15) is 14.4 Å². The van der Waals surface area contributed by atoms with Crippen molar-refractivity contribution in [3.63, 3.8) is 0 Å². The van der Waals surface area contributed by atoms with Crippen LogP contribution in [0.1, 0.15) is 21.5 Å². The number of hydrogen-bond donors (Lipinski definition) is 4. The fourth-order valence-corrected chi connectivity index (χ4v) is 3.47. The number of aromatic nitrogens is 1. The van der Waals surface area contributed by atoms with Crippen molar-refractivity contribution in [1.82, 2.24) is 15.6 Å². The lowest BCUT2D eigenvalue weighted by Crippen LogP contribution is -2.39. The highest BCUT2D eigenvalue weighted by Gasteiger charge is 2.09. The minimum absolute atomic E-state index is 0.193. The molecule has 0 atom stereocenters. The Hall–Kier alpha value is -4.72. The highest BCUT2D eigenvalue weighted by molar-refractivity contribution is 6.04. The molecule has 0 radical (unpaired) electrons. The molecule has 0 fully saturated rings. The Morgan fingerprint density at radius 2 is 1.60 bits per heavy atom. The van der Waals surface area contributed by atoms with Crippen LogP contribution in [-0.2, 0) is 11.3 Å². The summed E-state index contributed by atoms with van der Waals surface area (Å²) in [6.45, 7) is 2.00. The molecule has 4 aromatic rings. The first kappa shape index (κ1) is 23.4. The van der Waals surface area contributed by atoms with Crippen LogP contribution in [0.15, 0.2) is 85.1 Å². The maximum absolute atomic E-state index is 12.4. The Balaban J connectivity index is 1.25. The summed E-state index contributed by atoms with van der Waals surface area (Å²) in [6, 6.07) is 23.3. The monoisotopic (exact) mass is 467 g/mol. The highest BCUT2D eigenvalue weighted by atomic mass is 16.2. The third-order valence-corrected chi connectivity index (χ3v) is 5.27. The number of nitrogens with zero attached hydrogens (tertiary/aromatic N) is 1. The Morgan fingerprint density at radius 3 is 2.43 bits per heavy atom. The van der Waals surface area contributed by atoms with Gasteiger partial charge in [-0.15, -0.1) is 0 Å². The average Bonchev–Trinajstić information content (AvgIpc) is 2.87. The summed E-state index contributed by atoms with van der Waals surface area (Å²) >= 11 is 0. The molecule has 0 bridgehead atoms. The Bertz CT molecular complexity index is 1360. The van der Waals surface area contributed by atoms with Gasteiger partial charge < -0.3 is 21.3 Å². The van der Waals surface area contributed by atoms with Crippen LogP contribution in [-0.4, -0.2) is 29.4 Å². The number of pyridine rings is 1. The second kappa shape index (κ2) is 10.9. The molecule has 3 aromatic carbocycles. The number of fused-ring (bicyclic) bond motifs is 1. The quantitative estimate of drug-likeness (QED) is 0.326. The van der Waals surface area contributed by atoms with Gasteiger partial charge in [-0.25, -0.2) is 4.79 Å². The highest BCUT2D eigenvalue weighted by Crippen LogP contribution is 2.20. The van der Waals surface area contributed by atoms with Gasteiger partial charge in [0.1, 0.15) is 0 Å². The lowest BCUT2D eigenvalue weighted by Gasteiger charge is -2.11. The number of hydrogen-bond acceptors (Lipinski definition) is 4. The second-order valence-corrected chi connectivity index (χ2v) is 7.99. The summed E-state index contributed by atoms with van der Waals surface area (Å²) in [4.78, 5) is 41.2. The molecular weight excluding hydrogens is 442 g/mol. The normalized spacial score (nSPS) is 10.4. The molecule has 0 saturated carbocycles. The standard InChI is InChI=1S/C27H25N5O3/c1-18-10-12-21(13-11-18)26(34)31-22-8-2-5-19(15-22)16-29-27(35)30-17-24(33)32-23-9-3-6-20-7-4-14-28-25(20)23/h2-15H,16-17H2,1H3,(H,31,34)(H,32,33)(H2,29,30,35). The first-order valence-corrected chi connectivity index (χ1v) is 11.1. The maximum atomic E-state index is 12.4. The van der Waals surface area contributed by atoms with Crippen molar-refractivity contribution < 1.29 is 14.4 Å². The third-order valence-electron chi connectivity index (χ3n) is 5.27. The second-order valence-electron chi connectivity index (χ2n) is 7.99. The van der Waals surface area contributed by atoms with Crippen molar-refractivity contribution in [3.05, 3.63) is 102 Å². The molecular formula is C27H25N5O3. The topological polar surface area (TPSA) is 112 Å². The zero-order valence-electron chi connectivity index (χ0n) is 19.2. The van der Waals surface area contributed by atoms with E-state index in [-0.39, 0.29) is 24.9 Å². The van der Waals surface area contributed by atoms with Gasteiger partial charge in [0.2, 0.25) is 5.91 Å². The molecule has 0 spiro atoms. The van der Waals surface area contributed by atoms with E-state index in [4.69, 9.17) is 0 Å². The van der Waals surface area contributed by atoms with Crippen LogP contribution < -0.4 is 21.3 Å². The minimum Gasteiger partial charge on any atom is -0.334 e. The van der Waals surface area contributed by atoms with Gasteiger partial charge in [-0.2, -0.15) is 0 Å². The predicted molar refractivity (Wildman–Crippen MR) is 136 cm³/mol. The zero-order valence-corrected chi connectivity index (χ0v) is 19.2. The summed E-state index contributed by atoms with van der Waals surface area (Å²) in [6.07, 6.45) is 1.66. The molecule has 4 amide bonds. The number of carbonyl (C=O) groups is 3. The van der Waals surface area contributed by atoms with Gasteiger partial charge >= 0.3 is 6.03 Å². The van der Waals surface area contributed by atoms with Gasteiger partial charge in [0.15, 0.2) is 0 Å². The van der Waals surface area contributed by atoms with Crippen LogP contribution in [0, 0.1) is 6.92 Å². The fourth-order valence-electron chi connectivity index (χ4n) is 3.47. The van der Waals surface area contributed by atoms with E-state index in [1.54, 1.807) is 42.6 Å². The Kier molecular flexibility index (Phi) is 7.32. The van der Waals surface area contributed by atoms with Crippen LogP contribution in [0.5, 0.6) is 0 Å². The number of carbonyl (C=O) groups excluding carboxylic acids is 3. The van der Waals surface area contributed by atoms with Crippen molar-refractivity contribution >= 4 is 40.1 Å². The van der Waals surface area contributed by atoms with Gasteiger partial charge in [-0.05, 0) is 48.9 Å². The van der Waals surface area contributed by atoms with Gasteiger partial charge in [0, 0.05) is 29.4 Å². The first-order valence-electron chi connectivity index (χ1n) is 11.1. The largest absolute Gasteiger partial charge is 0.334 e. The number of anilines is 2. The number of nitrogens with one attached hydrogen (secondary N) is 4. The van der Waals surface area contributed by atoms with E-state index in [1.165, 1.54) is 0 Å². The van der Waals surface area contributed by atoms with Crippen molar-refractivity contribution in [1.29, 1.82) is 0 Å². The van der Waals surface area contributed by atoms with E-state index in [0.29, 0.717) is 22.5 Å². The van der Waals surface area contributed by atoms with E-state index < -0.39 is 6.03 Å². The van der Waals surface area contributed by atoms with Gasteiger partial charge in [0.05, 0.1) is 17.7 Å². The third kappa shape index (κ3) is 6.42. The summed E-state index contributed by atoms with van der Waals surface area (Å²) in [5, 5.41) is 11.8. The average molecular weight is 468 g/mol. The maximum Gasteiger partial charge on any atom is 0.315 e. The molecule has 8 heteroatoms. The lowest BCUT2D eigenvalue weighted by molar-refractivity contribution is -0.115. The van der Waals surface area contributed by atoms with Crippen LogP contribution >= 0.6 is 0 Å². The smallest absolute Gasteiger partial charge is 0.315 e. The molecule has 1 aromatic heterocycles. The molecule has 176 valence electrons. The SMILES string of the molecule is Cc1ccc(C(=O)Nc2cccc(CNC(=O)NCC(=O)Nc3cccc4cccnc34)c2)cc1. The number of amides is 4.